The van der Waals surface area contributed by atoms with Crippen molar-refractivity contribution in [3.63, 3.8) is 0 Å². The minimum absolute atomic E-state index is 0.153. The molecule has 2 nitrogen and oxygen atoms in total. The molecule has 2 N–H and O–H groups in total. The zero-order valence-electron chi connectivity index (χ0n) is 10.4. The molecule has 94 valence electrons. The normalized spacial score (nSPS) is 15.2. The molecule has 0 aliphatic heterocycles. The molecule has 1 saturated carbocycles. The third-order valence-electron chi connectivity index (χ3n) is 3.16. The fraction of sp³-hybridized carbons (Fsp3) is 0.571. The molecule has 0 aromatic heterocycles. The fourth-order valence-electron chi connectivity index (χ4n) is 1.89. The van der Waals surface area contributed by atoms with Crippen molar-refractivity contribution >= 4 is 0 Å². The van der Waals surface area contributed by atoms with Crippen LogP contribution in [0.1, 0.15) is 30.4 Å². The number of rotatable bonds is 7. The molecule has 0 radical (unpaired) electrons. The van der Waals surface area contributed by atoms with Gasteiger partial charge in [-0.3, -0.25) is 0 Å². The van der Waals surface area contributed by atoms with Crippen LogP contribution in [0, 0.1) is 12.7 Å². The van der Waals surface area contributed by atoms with Crippen LogP contribution in [0.25, 0.3) is 0 Å². The van der Waals surface area contributed by atoms with Gasteiger partial charge < -0.3 is 10.6 Å². The Balaban J connectivity index is 1.60. The van der Waals surface area contributed by atoms with Crippen LogP contribution in [-0.4, -0.2) is 19.1 Å². The van der Waals surface area contributed by atoms with E-state index >= 15 is 0 Å². The summed E-state index contributed by atoms with van der Waals surface area (Å²) < 4.78 is 12.9. The van der Waals surface area contributed by atoms with Gasteiger partial charge in [0.15, 0.2) is 0 Å². The third-order valence-corrected chi connectivity index (χ3v) is 3.16. The van der Waals surface area contributed by atoms with Crippen molar-refractivity contribution in [3.8, 4) is 0 Å². The van der Waals surface area contributed by atoms with Crippen LogP contribution in [0.5, 0.6) is 0 Å². The SMILES string of the molecule is Cc1cc(F)ccc1CNCCCNC1CC1. The van der Waals surface area contributed by atoms with E-state index in [0.29, 0.717) is 0 Å². The Morgan fingerprint density at radius 3 is 2.82 bits per heavy atom. The number of nitrogens with one attached hydrogen (secondary N) is 2. The van der Waals surface area contributed by atoms with Gasteiger partial charge in [0.1, 0.15) is 5.82 Å². The van der Waals surface area contributed by atoms with Gasteiger partial charge in [0, 0.05) is 12.6 Å². The molecule has 0 bridgehead atoms. The highest BCUT2D eigenvalue weighted by Gasteiger charge is 2.19. The second-order valence-electron chi connectivity index (χ2n) is 4.83. The molecule has 1 aromatic carbocycles. The Labute approximate surface area is 103 Å². The van der Waals surface area contributed by atoms with Crippen molar-refractivity contribution in [2.24, 2.45) is 0 Å². The number of hydrogen-bond acceptors (Lipinski definition) is 2. The van der Waals surface area contributed by atoms with Gasteiger partial charge in [0.25, 0.3) is 0 Å². The molecule has 1 aromatic rings. The number of hydrogen-bond donors (Lipinski definition) is 2. The van der Waals surface area contributed by atoms with E-state index in [1.54, 1.807) is 6.07 Å². The maximum Gasteiger partial charge on any atom is 0.123 e. The van der Waals surface area contributed by atoms with Crippen molar-refractivity contribution < 1.29 is 4.39 Å². The van der Waals surface area contributed by atoms with Gasteiger partial charge in [-0.1, -0.05) is 6.07 Å². The van der Waals surface area contributed by atoms with E-state index in [1.807, 2.05) is 13.0 Å². The quantitative estimate of drug-likeness (QED) is 0.710. The summed E-state index contributed by atoms with van der Waals surface area (Å²) >= 11 is 0. The van der Waals surface area contributed by atoms with Gasteiger partial charge in [-0.25, -0.2) is 4.39 Å². The molecule has 17 heavy (non-hydrogen) atoms. The maximum absolute atomic E-state index is 12.9. The average molecular weight is 236 g/mol. The second-order valence-corrected chi connectivity index (χ2v) is 4.83. The minimum atomic E-state index is -0.153. The van der Waals surface area contributed by atoms with Crippen LogP contribution >= 0.6 is 0 Å². The summed E-state index contributed by atoms with van der Waals surface area (Å²) in [7, 11) is 0. The van der Waals surface area contributed by atoms with Crippen molar-refractivity contribution in [2.45, 2.75) is 38.8 Å². The van der Waals surface area contributed by atoms with E-state index in [-0.39, 0.29) is 5.82 Å². The second kappa shape index (κ2) is 6.12. The molecule has 0 saturated heterocycles. The number of aryl methyl sites for hydroxylation is 1. The van der Waals surface area contributed by atoms with Crippen LogP contribution in [0.3, 0.4) is 0 Å². The smallest absolute Gasteiger partial charge is 0.123 e. The molecule has 1 aliphatic carbocycles. The monoisotopic (exact) mass is 236 g/mol. The van der Waals surface area contributed by atoms with Crippen LogP contribution in [-0.2, 0) is 6.54 Å². The van der Waals surface area contributed by atoms with Crippen molar-refractivity contribution in [2.75, 3.05) is 13.1 Å². The Kier molecular flexibility index (Phi) is 4.51. The van der Waals surface area contributed by atoms with E-state index < -0.39 is 0 Å². The Hall–Kier alpha value is -0.930. The van der Waals surface area contributed by atoms with Crippen LogP contribution in [0.2, 0.25) is 0 Å². The molecule has 1 fully saturated rings. The summed E-state index contributed by atoms with van der Waals surface area (Å²) in [6, 6.07) is 5.78. The highest BCUT2D eigenvalue weighted by atomic mass is 19.1. The predicted molar refractivity (Wildman–Crippen MR) is 68.5 cm³/mol. The highest BCUT2D eigenvalue weighted by molar-refractivity contribution is 5.26. The summed E-state index contributed by atoms with van der Waals surface area (Å²) in [5.74, 6) is -0.153. The average Bonchev–Trinajstić information content (AvgIpc) is 3.09. The van der Waals surface area contributed by atoms with E-state index in [2.05, 4.69) is 10.6 Å². The van der Waals surface area contributed by atoms with E-state index in [9.17, 15) is 4.39 Å². The summed E-state index contributed by atoms with van der Waals surface area (Å²) in [4.78, 5) is 0. The van der Waals surface area contributed by atoms with Gasteiger partial charge in [-0.15, -0.1) is 0 Å². The molecule has 1 aliphatic rings. The van der Waals surface area contributed by atoms with E-state index in [0.717, 1.165) is 37.7 Å². The Morgan fingerprint density at radius 2 is 2.12 bits per heavy atom. The lowest BCUT2D eigenvalue weighted by Gasteiger charge is -2.08. The first-order valence-electron chi connectivity index (χ1n) is 6.45. The lowest BCUT2D eigenvalue weighted by Crippen LogP contribution is -2.23. The molecule has 2 rings (SSSR count). The van der Waals surface area contributed by atoms with Crippen molar-refractivity contribution in [3.05, 3.63) is 35.1 Å². The summed E-state index contributed by atoms with van der Waals surface area (Å²) in [5, 5.41) is 6.88. The van der Waals surface area contributed by atoms with E-state index in [1.165, 1.54) is 24.5 Å². The zero-order chi connectivity index (χ0) is 12.1. The van der Waals surface area contributed by atoms with Gasteiger partial charge in [-0.05, 0) is 62.5 Å². The molecule has 0 atom stereocenters. The third kappa shape index (κ3) is 4.44. The van der Waals surface area contributed by atoms with Crippen molar-refractivity contribution in [1.29, 1.82) is 0 Å². The van der Waals surface area contributed by atoms with Crippen LogP contribution in [0.4, 0.5) is 4.39 Å². The molecule has 3 heteroatoms. The van der Waals surface area contributed by atoms with Crippen molar-refractivity contribution in [1.82, 2.24) is 10.6 Å². The first kappa shape index (κ1) is 12.5. The van der Waals surface area contributed by atoms with Gasteiger partial charge in [0.05, 0.1) is 0 Å². The molecule has 0 heterocycles. The summed E-state index contributed by atoms with van der Waals surface area (Å²) in [5.41, 5.74) is 2.20. The molecule has 0 unspecified atom stereocenters. The van der Waals surface area contributed by atoms with Crippen LogP contribution < -0.4 is 10.6 Å². The molecular formula is C14H21FN2. The first-order chi connectivity index (χ1) is 8.25. The highest BCUT2D eigenvalue weighted by Crippen LogP contribution is 2.18. The summed E-state index contributed by atoms with van der Waals surface area (Å²) in [6.07, 6.45) is 3.85. The lowest BCUT2D eigenvalue weighted by atomic mass is 10.1. The van der Waals surface area contributed by atoms with Gasteiger partial charge in [0.2, 0.25) is 0 Å². The van der Waals surface area contributed by atoms with E-state index in [4.69, 9.17) is 0 Å². The zero-order valence-corrected chi connectivity index (χ0v) is 10.4. The predicted octanol–water partition coefficient (Wildman–Crippen LogP) is 2.37. The topological polar surface area (TPSA) is 24.1 Å². The largest absolute Gasteiger partial charge is 0.314 e. The Morgan fingerprint density at radius 1 is 1.29 bits per heavy atom. The standard InChI is InChI=1S/C14H21FN2/c1-11-9-13(15)4-3-12(11)10-16-7-2-8-17-14-5-6-14/h3-4,9,14,16-17H,2,5-8,10H2,1H3. The van der Waals surface area contributed by atoms with Gasteiger partial charge in [-0.2, -0.15) is 0 Å². The number of benzene rings is 1. The Bertz CT molecular complexity index is 361. The maximum atomic E-state index is 12.9. The molecule has 0 amide bonds. The molecule has 0 spiro atoms. The minimum Gasteiger partial charge on any atom is -0.314 e. The fourth-order valence-corrected chi connectivity index (χ4v) is 1.89. The first-order valence-corrected chi connectivity index (χ1v) is 6.45. The number of halogens is 1. The summed E-state index contributed by atoms with van der Waals surface area (Å²) in [6.45, 7) is 4.89. The van der Waals surface area contributed by atoms with Gasteiger partial charge >= 0.3 is 0 Å². The van der Waals surface area contributed by atoms with Crippen LogP contribution in [0.15, 0.2) is 18.2 Å². The lowest BCUT2D eigenvalue weighted by molar-refractivity contribution is 0.590. The molecular weight excluding hydrogens is 215 g/mol.